The van der Waals surface area contributed by atoms with Crippen LogP contribution in [0.2, 0.25) is 0 Å². The van der Waals surface area contributed by atoms with Crippen LogP contribution in [0.3, 0.4) is 0 Å². The minimum absolute atomic E-state index is 0.0681. The molecule has 1 aromatic heterocycles. The third-order valence-electron chi connectivity index (χ3n) is 4.42. The molecule has 24 heavy (non-hydrogen) atoms. The van der Waals surface area contributed by atoms with Gasteiger partial charge in [0.2, 0.25) is 0 Å². The van der Waals surface area contributed by atoms with Crippen LogP contribution >= 0.6 is 0 Å². The third-order valence-corrected chi connectivity index (χ3v) is 4.42. The van der Waals surface area contributed by atoms with Gasteiger partial charge in [0.15, 0.2) is 5.82 Å². The number of aliphatic hydroxyl groups excluding tert-OH is 1. The number of unbranched alkanes of at least 4 members (excludes halogenated alkanes) is 7. The third kappa shape index (κ3) is 6.40. The Morgan fingerprint density at radius 2 is 1.33 bits per heavy atom. The van der Waals surface area contributed by atoms with Crippen molar-refractivity contribution in [2.24, 2.45) is 0 Å². The minimum atomic E-state index is 0.0681. The van der Waals surface area contributed by atoms with Gasteiger partial charge in [0.1, 0.15) is 0 Å². The molecule has 0 aliphatic heterocycles. The summed E-state index contributed by atoms with van der Waals surface area (Å²) in [5.74, 6) is 0.749. The first-order chi connectivity index (χ1) is 11.8. The highest BCUT2D eigenvalue weighted by Gasteiger charge is 2.02. The van der Waals surface area contributed by atoms with Gasteiger partial charge >= 0.3 is 0 Å². The van der Waals surface area contributed by atoms with Crippen LogP contribution in [0.15, 0.2) is 36.7 Å². The van der Waals surface area contributed by atoms with Crippen LogP contribution < -0.4 is 0 Å². The highest BCUT2D eigenvalue weighted by molar-refractivity contribution is 5.54. The fourth-order valence-electron chi connectivity index (χ4n) is 2.86. The molecule has 2 aromatic rings. The second-order valence-corrected chi connectivity index (χ2v) is 6.49. The normalized spacial score (nSPS) is 10.9. The van der Waals surface area contributed by atoms with E-state index in [-0.39, 0.29) is 6.61 Å². The SMILES string of the molecule is CCCCCCCCCCc1cnc(-c2ccc(CO)cc2)nc1. The van der Waals surface area contributed by atoms with E-state index in [2.05, 4.69) is 16.9 Å². The Morgan fingerprint density at radius 1 is 0.750 bits per heavy atom. The Morgan fingerprint density at radius 3 is 1.92 bits per heavy atom. The largest absolute Gasteiger partial charge is 0.392 e. The zero-order chi connectivity index (χ0) is 17.0. The van der Waals surface area contributed by atoms with E-state index in [0.717, 1.165) is 23.4 Å². The monoisotopic (exact) mass is 326 g/mol. The van der Waals surface area contributed by atoms with Crippen LogP contribution in [0.25, 0.3) is 11.4 Å². The van der Waals surface area contributed by atoms with Gasteiger partial charge in [-0.05, 0) is 24.0 Å². The summed E-state index contributed by atoms with van der Waals surface area (Å²) in [4.78, 5) is 8.96. The van der Waals surface area contributed by atoms with Crippen molar-refractivity contribution in [2.45, 2.75) is 71.3 Å². The van der Waals surface area contributed by atoms with Gasteiger partial charge < -0.3 is 5.11 Å². The van der Waals surface area contributed by atoms with Crippen molar-refractivity contribution >= 4 is 0 Å². The smallest absolute Gasteiger partial charge is 0.159 e. The summed E-state index contributed by atoms with van der Waals surface area (Å²) in [5, 5.41) is 9.08. The van der Waals surface area contributed by atoms with Gasteiger partial charge in [0.05, 0.1) is 6.61 Å². The van der Waals surface area contributed by atoms with E-state index < -0.39 is 0 Å². The fourth-order valence-corrected chi connectivity index (χ4v) is 2.86. The van der Waals surface area contributed by atoms with Crippen LogP contribution in [0.1, 0.15) is 69.4 Å². The molecule has 0 saturated carbocycles. The average Bonchev–Trinajstić information content (AvgIpc) is 2.64. The molecule has 1 heterocycles. The maximum atomic E-state index is 9.08. The Labute approximate surface area is 146 Å². The summed E-state index contributed by atoms with van der Waals surface area (Å²) in [6, 6.07) is 7.73. The molecule has 3 heteroatoms. The average molecular weight is 326 g/mol. The van der Waals surface area contributed by atoms with Crippen LogP contribution in [0, 0.1) is 0 Å². The summed E-state index contributed by atoms with van der Waals surface area (Å²) in [7, 11) is 0. The topological polar surface area (TPSA) is 46.0 Å². The van der Waals surface area contributed by atoms with E-state index in [1.807, 2.05) is 36.7 Å². The number of nitrogens with zero attached hydrogens (tertiary/aromatic N) is 2. The fraction of sp³-hybridized carbons (Fsp3) is 0.524. The first-order valence-corrected chi connectivity index (χ1v) is 9.34. The Bertz CT molecular complexity index is 563. The Hall–Kier alpha value is -1.74. The predicted octanol–water partition coefficient (Wildman–Crippen LogP) is 5.32. The molecule has 0 saturated heterocycles. The lowest BCUT2D eigenvalue weighted by molar-refractivity contribution is 0.282. The number of hydrogen-bond donors (Lipinski definition) is 1. The molecular formula is C21H30N2O. The molecule has 0 spiro atoms. The van der Waals surface area contributed by atoms with Crippen molar-refractivity contribution in [2.75, 3.05) is 0 Å². The van der Waals surface area contributed by atoms with E-state index in [4.69, 9.17) is 5.11 Å². The lowest BCUT2D eigenvalue weighted by Crippen LogP contribution is -1.94. The summed E-state index contributed by atoms with van der Waals surface area (Å²) < 4.78 is 0. The molecule has 0 unspecified atom stereocenters. The molecule has 0 fully saturated rings. The molecule has 1 N–H and O–H groups in total. The minimum Gasteiger partial charge on any atom is -0.392 e. The molecular weight excluding hydrogens is 296 g/mol. The van der Waals surface area contributed by atoms with E-state index in [0.29, 0.717) is 0 Å². The number of aliphatic hydroxyl groups is 1. The van der Waals surface area contributed by atoms with Crippen molar-refractivity contribution in [3.05, 3.63) is 47.8 Å². The molecule has 3 nitrogen and oxygen atoms in total. The molecule has 0 bridgehead atoms. The van der Waals surface area contributed by atoms with Crippen molar-refractivity contribution in [1.82, 2.24) is 9.97 Å². The Kier molecular flexibility index (Phi) is 8.47. The van der Waals surface area contributed by atoms with E-state index >= 15 is 0 Å². The van der Waals surface area contributed by atoms with E-state index in [9.17, 15) is 0 Å². The molecule has 130 valence electrons. The van der Waals surface area contributed by atoms with Crippen LogP contribution in [0.4, 0.5) is 0 Å². The summed E-state index contributed by atoms with van der Waals surface area (Å²) in [6.07, 6.45) is 15.7. The van der Waals surface area contributed by atoms with Gasteiger partial charge in [-0.15, -0.1) is 0 Å². The lowest BCUT2D eigenvalue weighted by atomic mass is 10.1. The zero-order valence-corrected chi connectivity index (χ0v) is 14.9. The van der Waals surface area contributed by atoms with Crippen LogP contribution in [-0.4, -0.2) is 15.1 Å². The standard InChI is InChI=1S/C21H30N2O/c1-2-3-4-5-6-7-8-9-10-19-15-22-21(23-16-19)20-13-11-18(17-24)12-14-20/h11-16,24H,2-10,17H2,1H3. The van der Waals surface area contributed by atoms with Gasteiger partial charge in [0, 0.05) is 18.0 Å². The molecule has 2 rings (SSSR count). The van der Waals surface area contributed by atoms with Crippen molar-refractivity contribution in [3.63, 3.8) is 0 Å². The van der Waals surface area contributed by atoms with Gasteiger partial charge in [0.25, 0.3) is 0 Å². The number of benzene rings is 1. The summed E-state index contributed by atoms with van der Waals surface area (Å²) in [5.41, 5.74) is 3.12. The lowest BCUT2D eigenvalue weighted by Gasteiger charge is -2.04. The summed E-state index contributed by atoms with van der Waals surface area (Å²) in [6.45, 7) is 2.33. The summed E-state index contributed by atoms with van der Waals surface area (Å²) >= 11 is 0. The van der Waals surface area contributed by atoms with E-state index in [1.54, 1.807) is 0 Å². The highest BCUT2D eigenvalue weighted by atomic mass is 16.3. The van der Waals surface area contributed by atoms with E-state index in [1.165, 1.54) is 56.9 Å². The van der Waals surface area contributed by atoms with Gasteiger partial charge in [-0.2, -0.15) is 0 Å². The molecule has 0 aliphatic rings. The quantitative estimate of drug-likeness (QED) is 0.568. The maximum Gasteiger partial charge on any atom is 0.159 e. The zero-order valence-electron chi connectivity index (χ0n) is 14.9. The van der Waals surface area contributed by atoms with Crippen molar-refractivity contribution in [1.29, 1.82) is 0 Å². The van der Waals surface area contributed by atoms with Crippen molar-refractivity contribution in [3.8, 4) is 11.4 Å². The van der Waals surface area contributed by atoms with Crippen LogP contribution in [-0.2, 0) is 13.0 Å². The number of aryl methyl sites for hydroxylation is 1. The predicted molar refractivity (Wildman–Crippen MR) is 99.7 cm³/mol. The highest BCUT2D eigenvalue weighted by Crippen LogP contribution is 2.16. The number of hydrogen-bond acceptors (Lipinski definition) is 3. The number of rotatable bonds is 11. The second kappa shape index (κ2) is 10.9. The maximum absolute atomic E-state index is 9.08. The first kappa shape index (κ1) is 18.6. The van der Waals surface area contributed by atoms with Gasteiger partial charge in [-0.25, -0.2) is 9.97 Å². The molecule has 0 aliphatic carbocycles. The molecule has 0 amide bonds. The van der Waals surface area contributed by atoms with Crippen molar-refractivity contribution < 1.29 is 5.11 Å². The Balaban J connectivity index is 1.70. The van der Waals surface area contributed by atoms with Gasteiger partial charge in [-0.3, -0.25) is 0 Å². The van der Waals surface area contributed by atoms with Gasteiger partial charge in [-0.1, -0.05) is 76.1 Å². The molecule has 0 radical (unpaired) electrons. The second-order valence-electron chi connectivity index (χ2n) is 6.49. The van der Waals surface area contributed by atoms with Crippen LogP contribution in [0.5, 0.6) is 0 Å². The molecule has 0 atom stereocenters. The number of aromatic nitrogens is 2. The molecule has 1 aromatic carbocycles. The first-order valence-electron chi connectivity index (χ1n) is 9.34.